The molecule has 0 N–H and O–H groups in total. The summed E-state index contributed by atoms with van der Waals surface area (Å²) in [6.45, 7) is 0. The van der Waals surface area contributed by atoms with Crippen LogP contribution in [0.3, 0.4) is 0 Å². The number of benzene rings is 1. The number of hydrogen-bond donors (Lipinski definition) is 0. The lowest BCUT2D eigenvalue weighted by Crippen LogP contribution is -2.50. The fourth-order valence-corrected chi connectivity index (χ4v) is 5.43. The SMILES string of the molecule is COc1ccc(C2=NN(C3CCSCC3)C(=O)[C@H]3CC=CC[C@@H]23)cc1Cl. The molecule has 0 bridgehead atoms. The van der Waals surface area contributed by atoms with Crippen LogP contribution >= 0.6 is 23.4 Å². The number of halogens is 1. The molecular weight excluding hydrogens is 368 g/mol. The van der Waals surface area contributed by atoms with Crippen LogP contribution in [-0.4, -0.2) is 41.3 Å². The number of nitrogens with zero attached hydrogens (tertiary/aromatic N) is 2. The number of carbonyl (C=O) groups excluding carboxylic acids is 1. The van der Waals surface area contributed by atoms with Gasteiger partial charge in [0.15, 0.2) is 0 Å². The largest absolute Gasteiger partial charge is 0.495 e. The quantitative estimate of drug-likeness (QED) is 0.719. The van der Waals surface area contributed by atoms with E-state index in [-0.39, 0.29) is 23.8 Å². The van der Waals surface area contributed by atoms with Gasteiger partial charge >= 0.3 is 0 Å². The van der Waals surface area contributed by atoms with Crippen LogP contribution in [0.25, 0.3) is 0 Å². The van der Waals surface area contributed by atoms with Crippen LogP contribution in [0.2, 0.25) is 5.02 Å². The maximum Gasteiger partial charge on any atom is 0.247 e. The molecule has 3 aliphatic rings. The summed E-state index contributed by atoms with van der Waals surface area (Å²) >= 11 is 8.32. The molecule has 2 heterocycles. The summed E-state index contributed by atoms with van der Waals surface area (Å²) in [4.78, 5) is 13.1. The van der Waals surface area contributed by atoms with E-state index in [1.54, 1.807) is 12.1 Å². The smallest absolute Gasteiger partial charge is 0.247 e. The van der Waals surface area contributed by atoms with E-state index in [1.165, 1.54) is 0 Å². The maximum atomic E-state index is 13.1. The van der Waals surface area contributed by atoms with E-state index < -0.39 is 0 Å². The normalized spacial score (nSPS) is 26.5. The van der Waals surface area contributed by atoms with Crippen molar-refractivity contribution in [3.05, 3.63) is 40.9 Å². The number of thioether (sulfide) groups is 1. The van der Waals surface area contributed by atoms with Gasteiger partial charge in [-0.2, -0.15) is 16.9 Å². The Bertz CT molecular complexity index is 758. The van der Waals surface area contributed by atoms with Gasteiger partial charge in [-0.3, -0.25) is 4.79 Å². The lowest BCUT2D eigenvalue weighted by Gasteiger charge is -2.41. The highest BCUT2D eigenvalue weighted by Crippen LogP contribution is 2.38. The number of ether oxygens (including phenoxy) is 1. The van der Waals surface area contributed by atoms with Crippen LogP contribution in [0.15, 0.2) is 35.5 Å². The first-order valence-corrected chi connectivity index (χ1v) is 10.7. The van der Waals surface area contributed by atoms with Crippen molar-refractivity contribution in [1.29, 1.82) is 0 Å². The average Bonchev–Trinajstić information content (AvgIpc) is 2.69. The third kappa shape index (κ3) is 3.27. The zero-order chi connectivity index (χ0) is 18.1. The van der Waals surface area contributed by atoms with Crippen LogP contribution in [0.4, 0.5) is 0 Å². The number of fused-ring (bicyclic) bond motifs is 1. The summed E-state index contributed by atoms with van der Waals surface area (Å²) < 4.78 is 5.28. The Morgan fingerprint density at radius 2 is 1.92 bits per heavy atom. The predicted octanol–water partition coefficient (Wildman–Crippen LogP) is 4.37. The fraction of sp³-hybridized carbons (Fsp3) is 0.500. The molecule has 2 aliphatic heterocycles. The van der Waals surface area contributed by atoms with Crippen molar-refractivity contribution in [2.75, 3.05) is 18.6 Å². The van der Waals surface area contributed by atoms with E-state index in [0.29, 0.717) is 10.8 Å². The molecule has 138 valence electrons. The highest BCUT2D eigenvalue weighted by Gasteiger charge is 2.42. The summed E-state index contributed by atoms with van der Waals surface area (Å²) in [7, 11) is 1.61. The second-order valence-electron chi connectivity index (χ2n) is 7.02. The first-order valence-electron chi connectivity index (χ1n) is 9.17. The van der Waals surface area contributed by atoms with E-state index in [4.69, 9.17) is 21.4 Å². The summed E-state index contributed by atoms with van der Waals surface area (Å²) in [6.07, 6.45) is 7.99. The van der Waals surface area contributed by atoms with E-state index in [9.17, 15) is 4.79 Å². The predicted molar refractivity (Wildman–Crippen MR) is 107 cm³/mol. The highest BCUT2D eigenvalue weighted by atomic mass is 35.5. The lowest BCUT2D eigenvalue weighted by molar-refractivity contribution is -0.140. The zero-order valence-corrected chi connectivity index (χ0v) is 16.4. The molecule has 0 saturated carbocycles. The van der Waals surface area contributed by atoms with Gasteiger partial charge in [-0.1, -0.05) is 23.8 Å². The Morgan fingerprint density at radius 1 is 1.19 bits per heavy atom. The van der Waals surface area contributed by atoms with Crippen molar-refractivity contribution in [2.45, 2.75) is 31.7 Å². The van der Waals surface area contributed by atoms with Crippen LogP contribution in [0.1, 0.15) is 31.2 Å². The topological polar surface area (TPSA) is 41.9 Å². The Morgan fingerprint density at radius 3 is 2.62 bits per heavy atom. The number of carbonyl (C=O) groups is 1. The van der Waals surface area contributed by atoms with Gasteiger partial charge in [0.1, 0.15) is 5.75 Å². The Balaban J connectivity index is 1.74. The van der Waals surface area contributed by atoms with E-state index in [1.807, 2.05) is 30.0 Å². The van der Waals surface area contributed by atoms with Gasteiger partial charge in [-0.15, -0.1) is 0 Å². The van der Waals surface area contributed by atoms with Crippen molar-refractivity contribution in [1.82, 2.24) is 5.01 Å². The van der Waals surface area contributed by atoms with Gasteiger partial charge < -0.3 is 4.74 Å². The van der Waals surface area contributed by atoms with Crippen molar-refractivity contribution >= 4 is 35.0 Å². The number of hydrazone groups is 1. The van der Waals surface area contributed by atoms with Crippen molar-refractivity contribution in [2.24, 2.45) is 16.9 Å². The minimum Gasteiger partial charge on any atom is -0.495 e. The fourth-order valence-electron chi connectivity index (χ4n) is 4.09. The molecule has 6 heteroatoms. The molecule has 1 aromatic carbocycles. The van der Waals surface area contributed by atoms with Gasteiger partial charge in [0, 0.05) is 5.92 Å². The number of allylic oxidation sites excluding steroid dienone is 2. The van der Waals surface area contributed by atoms with E-state index in [0.717, 1.165) is 48.5 Å². The number of hydrogen-bond acceptors (Lipinski definition) is 4. The third-order valence-corrected chi connectivity index (χ3v) is 6.87. The van der Waals surface area contributed by atoms with Crippen LogP contribution in [0, 0.1) is 11.8 Å². The number of amides is 1. The molecule has 1 aromatic rings. The second kappa shape index (κ2) is 7.65. The highest BCUT2D eigenvalue weighted by molar-refractivity contribution is 7.99. The lowest BCUT2D eigenvalue weighted by atomic mass is 9.76. The Labute approximate surface area is 163 Å². The number of methoxy groups -OCH3 is 1. The van der Waals surface area contributed by atoms with E-state index in [2.05, 4.69) is 12.2 Å². The molecule has 1 aliphatic carbocycles. The molecule has 0 aromatic heterocycles. The standard InChI is InChI=1S/C20H23ClN2O2S/c1-25-18-7-6-13(12-17(18)21)19-15-4-2-3-5-16(15)20(24)23(22-19)14-8-10-26-11-9-14/h2-3,6-7,12,14-16H,4-5,8-11H2,1H3/t15-,16+/m1/s1. The Kier molecular flexibility index (Phi) is 5.28. The number of rotatable bonds is 3. The van der Waals surface area contributed by atoms with Gasteiger partial charge in [-0.25, -0.2) is 5.01 Å². The summed E-state index contributed by atoms with van der Waals surface area (Å²) in [5.74, 6) is 3.17. The molecule has 2 atom stereocenters. The first kappa shape index (κ1) is 17.9. The molecule has 1 fully saturated rings. The van der Waals surface area contributed by atoms with Gasteiger partial charge in [0.2, 0.25) is 5.91 Å². The van der Waals surface area contributed by atoms with E-state index >= 15 is 0 Å². The van der Waals surface area contributed by atoms with Crippen LogP contribution < -0.4 is 4.74 Å². The van der Waals surface area contributed by atoms with Gasteiger partial charge in [0.25, 0.3) is 0 Å². The molecule has 0 radical (unpaired) electrons. The molecule has 26 heavy (non-hydrogen) atoms. The molecular formula is C20H23ClN2O2S. The Hall–Kier alpha value is -1.46. The third-order valence-electron chi connectivity index (χ3n) is 5.53. The van der Waals surface area contributed by atoms with Crippen molar-refractivity contribution in [3.63, 3.8) is 0 Å². The molecule has 1 saturated heterocycles. The molecule has 4 nitrogen and oxygen atoms in total. The van der Waals surface area contributed by atoms with Crippen LogP contribution in [-0.2, 0) is 4.79 Å². The average molecular weight is 391 g/mol. The zero-order valence-electron chi connectivity index (χ0n) is 14.9. The molecule has 0 spiro atoms. The molecule has 4 rings (SSSR count). The molecule has 0 unspecified atom stereocenters. The van der Waals surface area contributed by atoms with Gasteiger partial charge in [0.05, 0.1) is 29.8 Å². The van der Waals surface area contributed by atoms with Crippen LogP contribution in [0.5, 0.6) is 5.75 Å². The summed E-state index contributed by atoms with van der Waals surface area (Å²) in [5, 5.41) is 7.27. The monoisotopic (exact) mass is 390 g/mol. The van der Waals surface area contributed by atoms with Gasteiger partial charge in [-0.05, 0) is 61.0 Å². The minimum absolute atomic E-state index is 0.0112. The molecule has 1 amide bonds. The maximum absolute atomic E-state index is 13.1. The van der Waals surface area contributed by atoms with Crippen molar-refractivity contribution < 1.29 is 9.53 Å². The first-order chi connectivity index (χ1) is 12.7. The summed E-state index contributed by atoms with van der Waals surface area (Å²) in [5.41, 5.74) is 1.98. The minimum atomic E-state index is -0.0112. The van der Waals surface area contributed by atoms with Crippen molar-refractivity contribution in [3.8, 4) is 5.75 Å². The second-order valence-corrected chi connectivity index (χ2v) is 8.65. The summed E-state index contributed by atoms with van der Waals surface area (Å²) in [6, 6.07) is 6.02.